The Balaban J connectivity index is 1.73. The molecule has 100 valence electrons. The zero-order chi connectivity index (χ0) is 13.5. The van der Waals surface area contributed by atoms with Crippen molar-refractivity contribution in [2.45, 2.75) is 31.3 Å². The van der Waals surface area contributed by atoms with Gasteiger partial charge in [0.25, 0.3) is 5.91 Å². The van der Waals surface area contributed by atoms with Gasteiger partial charge in [-0.1, -0.05) is 0 Å². The monoisotopic (exact) mass is 266 g/mol. The molecule has 4 rings (SSSR count). The van der Waals surface area contributed by atoms with Crippen molar-refractivity contribution in [1.29, 1.82) is 0 Å². The number of carbonyl (C=O) groups is 1. The lowest BCUT2D eigenvalue weighted by Gasteiger charge is -2.35. The number of carbonyl (C=O) groups excluding carboxylic acids is 1. The number of fused-ring (bicyclic) bond motifs is 4. The van der Waals surface area contributed by atoms with E-state index in [0.717, 1.165) is 30.5 Å². The molecule has 20 heavy (non-hydrogen) atoms. The molecule has 2 aliphatic heterocycles. The third kappa shape index (κ3) is 1.62. The zero-order valence-corrected chi connectivity index (χ0v) is 10.9. The van der Waals surface area contributed by atoms with E-state index in [2.05, 4.69) is 15.0 Å². The maximum atomic E-state index is 12.7. The number of aromatic nitrogens is 3. The van der Waals surface area contributed by atoms with Gasteiger partial charge in [-0.2, -0.15) is 0 Å². The molecule has 2 atom stereocenters. The summed E-state index contributed by atoms with van der Waals surface area (Å²) >= 11 is 0. The van der Waals surface area contributed by atoms with Gasteiger partial charge in [0.2, 0.25) is 0 Å². The fourth-order valence-corrected chi connectivity index (χ4v) is 3.38. The van der Waals surface area contributed by atoms with Crippen molar-refractivity contribution < 1.29 is 4.79 Å². The van der Waals surface area contributed by atoms with Crippen molar-refractivity contribution in [2.75, 3.05) is 0 Å². The van der Waals surface area contributed by atoms with E-state index in [1.807, 2.05) is 11.1 Å². The van der Waals surface area contributed by atoms with Gasteiger partial charge in [-0.15, -0.1) is 0 Å². The molecule has 0 aromatic carbocycles. The molecule has 1 amide bonds. The molecule has 2 bridgehead atoms. The molecule has 5 nitrogen and oxygen atoms in total. The molecule has 2 aliphatic rings. The Hall–Kier alpha value is -2.30. The Morgan fingerprint density at radius 2 is 2.05 bits per heavy atom. The Morgan fingerprint density at radius 1 is 1.20 bits per heavy atom. The maximum absolute atomic E-state index is 12.7. The molecular weight excluding hydrogens is 252 g/mol. The van der Waals surface area contributed by atoms with Gasteiger partial charge in [-0.25, -0.2) is 9.97 Å². The molecule has 0 N–H and O–H groups in total. The molecule has 5 heteroatoms. The molecule has 0 aliphatic carbocycles. The Labute approximate surface area is 116 Å². The minimum absolute atomic E-state index is 0.0920. The van der Waals surface area contributed by atoms with Crippen LogP contribution in [0.15, 0.2) is 37.1 Å². The van der Waals surface area contributed by atoms with E-state index < -0.39 is 0 Å². The summed E-state index contributed by atoms with van der Waals surface area (Å²) in [6, 6.07) is 3.95. The van der Waals surface area contributed by atoms with Gasteiger partial charge in [0, 0.05) is 42.2 Å². The summed E-state index contributed by atoms with van der Waals surface area (Å²) in [6.45, 7) is 0. The Bertz CT molecular complexity index is 658. The first kappa shape index (κ1) is 11.5. The van der Waals surface area contributed by atoms with E-state index in [0.29, 0.717) is 5.56 Å². The van der Waals surface area contributed by atoms with Crippen LogP contribution in [0.5, 0.6) is 0 Å². The highest BCUT2D eigenvalue weighted by molar-refractivity contribution is 5.95. The van der Waals surface area contributed by atoms with Crippen LogP contribution in [0, 0.1) is 0 Å². The van der Waals surface area contributed by atoms with Crippen LogP contribution in [0.1, 0.15) is 40.5 Å². The second-order valence-electron chi connectivity index (χ2n) is 5.32. The van der Waals surface area contributed by atoms with Gasteiger partial charge in [-0.05, 0) is 25.0 Å². The SMILES string of the molecule is O=C(c1ccncc1)N1C2CCC1c1cncnc1C2. The van der Waals surface area contributed by atoms with E-state index in [9.17, 15) is 4.79 Å². The summed E-state index contributed by atoms with van der Waals surface area (Å²) in [5.74, 6) is 0.0920. The zero-order valence-electron chi connectivity index (χ0n) is 10.9. The lowest BCUT2D eigenvalue weighted by Crippen LogP contribution is -2.42. The van der Waals surface area contributed by atoms with E-state index in [1.165, 1.54) is 0 Å². The van der Waals surface area contributed by atoms with E-state index >= 15 is 0 Å². The first-order valence-electron chi connectivity index (χ1n) is 6.86. The highest BCUT2D eigenvalue weighted by Crippen LogP contribution is 2.43. The second-order valence-corrected chi connectivity index (χ2v) is 5.32. The maximum Gasteiger partial charge on any atom is 0.254 e. The highest BCUT2D eigenvalue weighted by atomic mass is 16.2. The molecule has 1 saturated heterocycles. The molecule has 2 aromatic heterocycles. The van der Waals surface area contributed by atoms with Crippen LogP contribution in [0.25, 0.3) is 0 Å². The second kappa shape index (κ2) is 4.37. The van der Waals surface area contributed by atoms with Crippen LogP contribution in [0.2, 0.25) is 0 Å². The van der Waals surface area contributed by atoms with Crippen molar-refractivity contribution >= 4 is 5.91 Å². The van der Waals surface area contributed by atoms with Crippen molar-refractivity contribution in [2.24, 2.45) is 0 Å². The Kier molecular flexibility index (Phi) is 2.52. The van der Waals surface area contributed by atoms with Gasteiger partial charge in [0.1, 0.15) is 6.33 Å². The highest BCUT2D eigenvalue weighted by Gasteiger charge is 2.43. The molecule has 4 heterocycles. The predicted octanol–water partition coefficient (Wildman–Crippen LogP) is 1.77. The largest absolute Gasteiger partial charge is 0.328 e. The van der Waals surface area contributed by atoms with E-state index in [4.69, 9.17) is 0 Å². The summed E-state index contributed by atoms with van der Waals surface area (Å²) < 4.78 is 0. The molecule has 2 unspecified atom stereocenters. The van der Waals surface area contributed by atoms with Gasteiger partial charge in [0.15, 0.2) is 0 Å². The van der Waals surface area contributed by atoms with Gasteiger partial charge in [0.05, 0.1) is 11.7 Å². The quantitative estimate of drug-likeness (QED) is 0.789. The molecule has 0 radical (unpaired) electrons. The molecular formula is C15H14N4O. The standard InChI is InChI=1S/C15H14N4O/c20-15(10-3-5-16-6-4-10)19-11-1-2-14(19)12-8-17-9-18-13(12)7-11/h3-6,8-9,11,14H,1-2,7H2. The first-order chi connectivity index (χ1) is 9.84. The summed E-state index contributed by atoms with van der Waals surface area (Å²) in [5.41, 5.74) is 2.92. The van der Waals surface area contributed by atoms with Gasteiger partial charge in [-0.3, -0.25) is 9.78 Å². The summed E-state index contributed by atoms with van der Waals surface area (Å²) in [5, 5.41) is 0. The predicted molar refractivity (Wildman–Crippen MR) is 71.9 cm³/mol. The van der Waals surface area contributed by atoms with Crippen LogP contribution in [-0.4, -0.2) is 31.8 Å². The first-order valence-corrected chi connectivity index (χ1v) is 6.86. The van der Waals surface area contributed by atoms with Crippen LogP contribution in [-0.2, 0) is 6.42 Å². The topological polar surface area (TPSA) is 59.0 Å². The lowest BCUT2D eigenvalue weighted by molar-refractivity contribution is 0.0643. The molecule has 0 saturated carbocycles. The van der Waals surface area contributed by atoms with Crippen LogP contribution >= 0.6 is 0 Å². The van der Waals surface area contributed by atoms with Crippen LogP contribution < -0.4 is 0 Å². The Morgan fingerprint density at radius 3 is 2.90 bits per heavy atom. The number of amides is 1. The fraction of sp³-hybridized carbons (Fsp3) is 0.333. The average molecular weight is 266 g/mol. The van der Waals surface area contributed by atoms with Crippen molar-refractivity contribution in [3.8, 4) is 0 Å². The average Bonchev–Trinajstić information content (AvgIpc) is 2.82. The lowest BCUT2D eigenvalue weighted by atomic mass is 9.98. The summed E-state index contributed by atoms with van der Waals surface area (Å²) in [7, 11) is 0. The minimum atomic E-state index is 0.0920. The van der Waals surface area contributed by atoms with Crippen LogP contribution in [0.3, 0.4) is 0 Å². The number of pyridine rings is 1. The van der Waals surface area contributed by atoms with Gasteiger partial charge < -0.3 is 4.90 Å². The number of rotatable bonds is 1. The molecule has 1 fully saturated rings. The number of nitrogens with zero attached hydrogens (tertiary/aromatic N) is 4. The molecule has 0 spiro atoms. The van der Waals surface area contributed by atoms with Crippen LogP contribution in [0.4, 0.5) is 0 Å². The summed E-state index contributed by atoms with van der Waals surface area (Å²) in [6.07, 6.45) is 9.66. The third-order valence-corrected chi connectivity index (χ3v) is 4.28. The van der Waals surface area contributed by atoms with Gasteiger partial charge >= 0.3 is 0 Å². The summed E-state index contributed by atoms with van der Waals surface area (Å²) in [4.78, 5) is 27.2. The van der Waals surface area contributed by atoms with Crippen molar-refractivity contribution in [1.82, 2.24) is 19.9 Å². The third-order valence-electron chi connectivity index (χ3n) is 4.28. The van der Waals surface area contributed by atoms with Crippen molar-refractivity contribution in [3.05, 3.63) is 53.9 Å². The smallest absolute Gasteiger partial charge is 0.254 e. The fourth-order valence-electron chi connectivity index (χ4n) is 3.38. The number of hydrogen-bond donors (Lipinski definition) is 0. The van der Waals surface area contributed by atoms with Crippen molar-refractivity contribution in [3.63, 3.8) is 0 Å². The van der Waals surface area contributed by atoms with E-state index in [-0.39, 0.29) is 18.0 Å². The number of hydrogen-bond acceptors (Lipinski definition) is 4. The minimum Gasteiger partial charge on any atom is -0.328 e. The van der Waals surface area contributed by atoms with E-state index in [1.54, 1.807) is 30.9 Å². The normalized spacial score (nSPS) is 23.5. The molecule has 2 aromatic rings.